The summed E-state index contributed by atoms with van der Waals surface area (Å²) < 4.78 is 0. The van der Waals surface area contributed by atoms with Crippen molar-refractivity contribution < 1.29 is 9.63 Å². The number of nitriles is 1. The summed E-state index contributed by atoms with van der Waals surface area (Å²) in [6.45, 7) is 0.920. The first-order chi connectivity index (χ1) is 14.8. The molecular formula is C21H27N7O2. The van der Waals surface area contributed by atoms with E-state index in [0.717, 1.165) is 43.4 Å². The topological polar surface area (TPSA) is 124 Å². The summed E-state index contributed by atoms with van der Waals surface area (Å²) in [5, 5.41) is 14.4. The quantitative estimate of drug-likeness (QED) is 0.123. The molecule has 0 aliphatic heterocycles. The van der Waals surface area contributed by atoms with E-state index in [4.69, 9.17) is 10.1 Å². The number of amides is 1. The largest absolute Gasteiger partial charge is 0.325 e. The molecule has 0 aromatic carbocycles. The Morgan fingerprint density at radius 3 is 2.63 bits per heavy atom. The Bertz CT molecular complexity index is 807. The van der Waals surface area contributed by atoms with Gasteiger partial charge in [0.1, 0.15) is 6.61 Å². The summed E-state index contributed by atoms with van der Waals surface area (Å²) in [7, 11) is 0. The van der Waals surface area contributed by atoms with Crippen LogP contribution in [-0.2, 0) is 16.2 Å². The van der Waals surface area contributed by atoms with Gasteiger partial charge in [-0.2, -0.15) is 5.26 Å². The van der Waals surface area contributed by atoms with E-state index >= 15 is 0 Å². The number of carbonyl (C=O) groups is 1. The third-order valence-electron chi connectivity index (χ3n) is 4.10. The highest BCUT2D eigenvalue weighted by Crippen LogP contribution is 2.07. The van der Waals surface area contributed by atoms with Crippen molar-refractivity contribution >= 4 is 17.6 Å². The van der Waals surface area contributed by atoms with E-state index in [2.05, 4.69) is 31.1 Å². The number of nitrogens with zero attached hydrogens (tertiary/aromatic N) is 4. The molecule has 0 fully saturated rings. The molecule has 0 radical (unpaired) electrons. The minimum Gasteiger partial charge on any atom is -0.325 e. The number of rotatable bonds is 12. The van der Waals surface area contributed by atoms with Gasteiger partial charge in [0, 0.05) is 43.4 Å². The van der Waals surface area contributed by atoms with Crippen molar-refractivity contribution in [2.24, 2.45) is 4.99 Å². The molecule has 0 bridgehead atoms. The molecule has 0 aliphatic carbocycles. The lowest BCUT2D eigenvalue weighted by atomic mass is 10.1. The van der Waals surface area contributed by atoms with Gasteiger partial charge in [-0.25, -0.2) is 5.48 Å². The van der Waals surface area contributed by atoms with Crippen LogP contribution in [0.15, 0.2) is 54.0 Å². The fraction of sp³-hybridized carbons (Fsp3) is 0.381. The van der Waals surface area contributed by atoms with Crippen molar-refractivity contribution in [2.75, 3.05) is 11.9 Å². The summed E-state index contributed by atoms with van der Waals surface area (Å²) in [5.41, 5.74) is 4.18. The maximum Gasteiger partial charge on any atom is 0.243 e. The van der Waals surface area contributed by atoms with Crippen molar-refractivity contribution in [2.45, 2.75) is 45.1 Å². The molecule has 2 aromatic rings. The fourth-order valence-corrected chi connectivity index (χ4v) is 2.59. The van der Waals surface area contributed by atoms with Gasteiger partial charge in [-0.3, -0.25) is 29.9 Å². The van der Waals surface area contributed by atoms with Crippen LogP contribution in [-0.4, -0.2) is 28.4 Å². The number of pyridine rings is 2. The molecule has 2 heterocycles. The van der Waals surface area contributed by atoms with Gasteiger partial charge in [-0.1, -0.05) is 25.3 Å². The van der Waals surface area contributed by atoms with Crippen molar-refractivity contribution in [3.8, 4) is 6.19 Å². The Morgan fingerprint density at radius 1 is 1.07 bits per heavy atom. The zero-order valence-electron chi connectivity index (χ0n) is 16.9. The van der Waals surface area contributed by atoms with Crippen LogP contribution in [0.25, 0.3) is 0 Å². The van der Waals surface area contributed by atoms with Gasteiger partial charge in [-0.15, -0.1) is 0 Å². The highest BCUT2D eigenvalue weighted by atomic mass is 16.6. The number of guanidine groups is 1. The Morgan fingerprint density at radius 2 is 1.87 bits per heavy atom. The van der Waals surface area contributed by atoms with Crippen LogP contribution in [0, 0.1) is 11.5 Å². The summed E-state index contributed by atoms with van der Waals surface area (Å²) in [5.74, 6) is 0.310. The van der Waals surface area contributed by atoms with Crippen LogP contribution in [0.2, 0.25) is 0 Å². The van der Waals surface area contributed by atoms with Crippen LogP contribution in [0.3, 0.4) is 0 Å². The number of carbonyl (C=O) groups excluding carboxylic acids is 1. The van der Waals surface area contributed by atoms with Crippen LogP contribution in [0.1, 0.15) is 44.1 Å². The predicted octanol–water partition coefficient (Wildman–Crippen LogP) is 2.90. The molecule has 30 heavy (non-hydrogen) atoms. The number of nitrogens with one attached hydrogen (secondary N) is 3. The molecule has 0 atom stereocenters. The smallest absolute Gasteiger partial charge is 0.243 e. The Labute approximate surface area is 176 Å². The van der Waals surface area contributed by atoms with Gasteiger partial charge in [0.15, 0.2) is 6.19 Å². The molecule has 0 spiro atoms. The normalized spacial score (nSPS) is 10.8. The third kappa shape index (κ3) is 10.1. The van der Waals surface area contributed by atoms with E-state index in [1.54, 1.807) is 36.9 Å². The van der Waals surface area contributed by atoms with Crippen molar-refractivity contribution in [1.82, 2.24) is 20.8 Å². The molecule has 0 aliphatic rings. The maximum atomic E-state index is 11.7. The highest BCUT2D eigenvalue weighted by molar-refractivity contribution is 5.94. The van der Waals surface area contributed by atoms with Gasteiger partial charge in [0.05, 0.1) is 0 Å². The fourth-order valence-electron chi connectivity index (χ4n) is 2.59. The summed E-state index contributed by atoms with van der Waals surface area (Å²) >= 11 is 0. The Balaban J connectivity index is 1.49. The number of hydrogen-bond donors (Lipinski definition) is 3. The summed E-state index contributed by atoms with van der Waals surface area (Å²) in [4.78, 5) is 29.2. The van der Waals surface area contributed by atoms with E-state index in [-0.39, 0.29) is 5.91 Å². The third-order valence-corrected chi connectivity index (χ3v) is 4.10. The van der Waals surface area contributed by atoms with Crippen molar-refractivity contribution in [1.29, 1.82) is 5.26 Å². The number of hydroxylamine groups is 1. The first-order valence-electron chi connectivity index (χ1n) is 9.94. The second kappa shape index (κ2) is 14.5. The minimum atomic E-state index is -0.113. The molecule has 2 rings (SSSR count). The molecule has 0 unspecified atom stereocenters. The Kier molecular flexibility index (Phi) is 11.0. The number of aromatic nitrogens is 2. The van der Waals surface area contributed by atoms with Gasteiger partial charge >= 0.3 is 0 Å². The van der Waals surface area contributed by atoms with Crippen LogP contribution in [0.4, 0.5) is 5.69 Å². The standard InChI is InChI=1S/C21H27N7O2/c22-17-26-21(27-19-9-13-23-14-10-19)25-12-5-3-1-2-4-8-20(29)28-30-16-18-7-6-11-24-15-18/h6-7,9-11,13-15H,1-5,8,12,16H2,(H,28,29)(H2,23,25,26,27). The molecule has 0 saturated heterocycles. The number of unbranched alkanes of at least 4 members (excludes halogenated alkanes) is 4. The second-order valence-electron chi connectivity index (χ2n) is 6.52. The van der Waals surface area contributed by atoms with E-state index in [1.807, 2.05) is 18.3 Å². The van der Waals surface area contributed by atoms with Gasteiger partial charge < -0.3 is 5.32 Å². The molecule has 0 saturated carbocycles. The minimum absolute atomic E-state index is 0.113. The molecule has 9 nitrogen and oxygen atoms in total. The number of anilines is 1. The van der Waals surface area contributed by atoms with Crippen molar-refractivity contribution in [3.63, 3.8) is 0 Å². The lowest BCUT2D eigenvalue weighted by molar-refractivity contribution is -0.134. The molecule has 9 heteroatoms. The first kappa shape index (κ1) is 22.8. The average molecular weight is 409 g/mol. The van der Waals surface area contributed by atoms with Crippen LogP contribution < -0.4 is 16.1 Å². The lowest BCUT2D eigenvalue weighted by Crippen LogP contribution is -2.27. The lowest BCUT2D eigenvalue weighted by Gasteiger charge is -2.07. The molecule has 158 valence electrons. The van der Waals surface area contributed by atoms with Gasteiger partial charge in [-0.05, 0) is 36.6 Å². The monoisotopic (exact) mass is 409 g/mol. The molecule has 1 amide bonds. The van der Waals surface area contributed by atoms with E-state index in [9.17, 15) is 4.79 Å². The summed E-state index contributed by atoms with van der Waals surface area (Å²) in [6, 6.07) is 7.31. The Hall–Kier alpha value is -3.51. The van der Waals surface area contributed by atoms with E-state index < -0.39 is 0 Å². The first-order valence-corrected chi connectivity index (χ1v) is 9.94. The zero-order chi connectivity index (χ0) is 21.3. The van der Waals surface area contributed by atoms with E-state index in [0.29, 0.717) is 25.5 Å². The average Bonchev–Trinajstić information content (AvgIpc) is 2.77. The molecule has 3 N–H and O–H groups in total. The maximum absolute atomic E-state index is 11.7. The molecule has 2 aromatic heterocycles. The van der Waals surface area contributed by atoms with Crippen LogP contribution >= 0.6 is 0 Å². The highest BCUT2D eigenvalue weighted by Gasteiger charge is 2.02. The number of hydrogen-bond acceptors (Lipinski definition) is 6. The van der Waals surface area contributed by atoms with E-state index in [1.165, 1.54) is 0 Å². The predicted molar refractivity (Wildman–Crippen MR) is 114 cm³/mol. The SMILES string of the molecule is N#CNC(=NCCCCCCCC(=O)NOCc1cccnc1)Nc1ccncc1. The number of aliphatic imine (C=N–C) groups is 1. The summed E-state index contributed by atoms with van der Waals surface area (Å²) in [6.07, 6.45) is 13.8. The second-order valence-corrected chi connectivity index (χ2v) is 6.52. The van der Waals surface area contributed by atoms with Gasteiger partial charge in [0.25, 0.3) is 0 Å². The van der Waals surface area contributed by atoms with Crippen molar-refractivity contribution in [3.05, 3.63) is 54.6 Å². The molecular weight excluding hydrogens is 382 g/mol. The van der Waals surface area contributed by atoms with Gasteiger partial charge in [0.2, 0.25) is 11.9 Å². The van der Waals surface area contributed by atoms with Crippen LogP contribution in [0.5, 0.6) is 0 Å². The zero-order valence-corrected chi connectivity index (χ0v) is 16.9.